The van der Waals surface area contributed by atoms with Gasteiger partial charge in [0.1, 0.15) is 5.76 Å². The number of hydrogen-bond acceptors (Lipinski definition) is 5. The summed E-state index contributed by atoms with van der Waals surface area (Å²) in [5.41, 5.74) is 2.05. The van der Waals surface area contributed by atoms with Gasteiger partial charge in [0.15, 0.2) is 11.5 Å². The summed E-state index contributed by atoms with van der Waals surface area (Å²) in [7, 11) is 0. The highest BCUT2D eigenvalue weighted by atomic mass is 16.5. The Balaban J connectivity index is 1.59. The van der Waals surface area contributed by atoms with E-state index in [0.29, 0.717) is 18.1 Å². The van der Waals surface area contributed by atoms with Crippen molar-refractivity contribution in [1.29, 1.82) is 0 Å². The van der Waals surface area contributed by atoms with Crippen molar-refractivity contribution in [1.82, 2.24) is 15.4 Å². The lowest BCUT2D eigenvalue weighted by Gasteiger charge is -2.13. The number of hydrogen-bond donors (Lipinski definition) is 1. The normalized spacial score (nSPS) is 15.0. The second-order valence-electron chi connectivity index (χ2n) is 6.61. The third kappa shape index (κ3) is 4.51. The van der Waals surface area contributed by atoms with Crippen molar-refractivity contribution >= 4 is 5.91 Å². The zero-order chi connectivity index (χ0) is 17.6. The summed E-state index contributed by atoms with van der Waals surface area (Å²) < 4.78 is 11.0. The Hall–Kier alpha value is -2.08. The van der Waals surface area contributed by atoms with Gasteiger partial charge in [-0.2, -0.15) is 0 Å². The van der Waals surface area contributed by atoms with Gasteiger partial charge in [0.2, 0.25) is 0 Å². The van der Waals surface area contributed by atoms with Gasteiger partial charge in [0, 0.05) is 24.6 Å². The van der Waals surface area contributed by atoms with Gasteiger partial charge < -0.3 is 14.3 Å². The topological polar surface area (TPSA) is 71.5 Å². The number of furan rings is 1. The van der Waals surface area contributed by atoms with Crippen molar-refractivity contribution in [3.05, 3.63) is 40.7 Å². The lowest BCUT2D eigenvalue weighted by Crippen LogP contribution is -2.22. The molecule has 136 valence electrons. The molecule has 0 saturated carbocycles. The molecule has 0 aliphatic carbocycles. The van der Waals surface area contributed by atoms with Crippen molar-refractivity contribution in [2.75, 3.05) is 13.1 Å². The van der Waals surface area contributed by atoms with Crippen LogP contribution in [0.15, 0.2) is 21.1 Å². The molecule has 1 amide bonds. The second kappa shape index (κ2) is 8.34. The van der Waals surface area contributed by atoms with Crippen molar-refractivity contribution < 1.29 is 13.7 Å². The number of aromatic nitrogens is 1. The van der Waals surface area contributed by atoms with E-state index >= 15 is 0 Å². The van der Waals surface area contributed by atoms with Crippen molar-refractivity contribution in [3.63, 3.8) is 0 Å². The van der Waals surface area contributed by atoms with Crippen LogP contribution < -0.4 is 5.32 Å². The van der Waals surface area contributed by atoms with E-state index in [0.717, 1.165) is 55.9 Å². The second-order valence-corrected chi connectivity index (χ2v) is 6.61. The van der Waals surface area contributed by atoms with Gasteiger partial charge in [-0.25, -0.2) is 0 Å². The van der Waals surface area contributed by atoms with E-state index < -0.39 is 0 Å². The average Bonchev–Trinajstić information content (AvgIpc) is 3.34. The highest BCUT2D eigenvalue weighted by Gasteiger charge is 2.19. The van der Waals surface area contributed by atoms with Gasteiger partial charge in [-0.1, -0.05) is 25.4 Å². The zero-order valence-electron chi connectivity index (χ0n) is 15.1. The molecule has 0 bridgehead atoms. The Morgan fingerprint density at radius 2 is 2.08 bits per heavy atom. The largest absolute Gasteiger partial charge is 0.456 e. The van der Waals surface area contributed by atoms with E-state index in [-0.39, 0.29) is 5.91 Å². The number of carbonyl (C=O) groups is 1. The molecule has 0 spiro atoms. The molecule has 2 aromatic rings. The average molecular weight is 345 g/mol. The first-order chi connectivity index (χ1) is 12.2. The molecule has 6 nitrogen and oxygen atoms in total. The van der Waals surface area contributed by atoms with Gasteiger partial charge >= 0.3 is 0 Å². The molecule has 0 unspecified atom stereocenters. The van der Waals surface area contributed by atoms with Crippen molar-refractivity contribution in [2.45, 2.75) is 59.0 Å². The van der Waals surface area contributed by atoms with Crippen LogP contribution in [-0.4, -0.2) is 29.1 Å². The minimum absolute atomic E-state index is 0.212. The summed E-state index contributed by atoms with van der Waals surface area (Å²) in [6.07, 6.45) is 5.20. The smallest absolute Gasteiger partial charge is 0.287 e. The van der Waals surface area contributed by atoms with E-state index in [4.69, 9.17) is 8.94 Å². The third-order valence-corrected chi connectivity index (χ3v) is 4.57. The molecule has 0 atom stereocenters. The molecule has 1 saturated heterocycles. The number of amides is 1. The van der Waals surface area contributed by atoms with Crippen LogP contribution in [0.2, 0.25) is 0 Å². The highest BCUT2D eigenvalue weighted by molar-refractivity contribution is 5.91. The third-order valence-electron chi connectivity index (χ3n) is 4.57. The summed E-state index contributed by atoms with van der Waals surface area (Å²) in [4.78, 5) is 14.8. The van der Waals surface area contributed by atoms with Crippen LogP contribution in [0.3, 0.4) is 0 Å². The fourth-order valence-electron chi connectivity index (χ4n) is 3.26. The Labute approximate surface area is 148 Å². The lowest BCUT2D eigenvalue weighted by molar-refractivity contribution is 0.0917. The number of carbonyl (C=O) groups excluding carboxylic acids is 1. The Bertz CT molecular complexity index is 699. The van der Waals surface area contributed by atoms with E-state index in [9.17, 15) is 4.79 Å². The van der Waals surface area contributed by atoms with Gasteiger partial charge in [-0.05, 0) is 38.4 Å². The van der Waals surface area contributed by atoms with Crippen LogP contribution >= 0.6 is 0 Å². The number of likely N-dealkylation sites (tertiary alicyclic amines) is 1. The Morgan fingerprint density at radius 1 is 1.28 bits per heavy atom. The minimum Gasteiger partial charge on any atom is -0.456 e. The van der Waals surface area contributed by atoms with Crippen LogP contribution in [0.4, 0.5) is 0 Å². The molecular formula is C19H27N3O3. The fourth-order valence-corrected chi connectivity index (χ4v) is 3.26. The monoisotopic (exact) mass is 345 g/mol. The summed E-state index contributed by atoms with van der Waals surface area (Å²) in [6, 6.07) is 3.78. The van der Waals surface area contributed by atoms with Crippen molar-refractivity contribution in [3.8, 4) is 0 Å². The van der Waals surface area contributed by atoms with Gasteiger partial charge in [-0.3, -0.25) is 9.69 Å². The number of nitrogens with one attached hydrogen (secondary N) is 1. The minimum atomic E-state index is -0.212. The number of nitrogens with zero attached hydrogens (tertiary/aromatic N) is 2. The van der Waals surface area contributed by atoms with E-state index in [1.54, 1.807) is 0 Å². The Kier molecular flexibility index (Phi) is 5.91. The first-order valence-electron chi connectivity index (χ1n) is 9.26. The lowest BCUT2D eigenvalue weighted by atomic mass is 10.2. The number of rotatable bonds is 8. The maximum Gasteiger partial charge on any atom is 0.287 e. The Morgan fingerprint density at radius 3 is 2.80 bits per heavy atom. The van der Waals surface area contributed by atoms with Crippen LogP contribution in [0.25, 0.3) is 0 Å². The predicted octanol–water partition coefficient (Wildman–Crippen LogP) is 3.31. The molecule has 1 aliphatic rings. The number of aryl methyl sites for hydroxylation is 2. The first kappa shape index (κ1) is 17.7. The first-order valence-corrected chi connectivity index (χ1v) is 9.26. The van der Waals surface area contributed by atoms with Crippen molar-refractivity contribution in [2.24, 2.45) is 0 Å². The van der Waals surface area contributed by atoms with E-state index in [1.165, 1.54) is 12.8 Å². The van der Waals surface area contributed by atoms with E-state index in [1.807, 2.05) is 12.1 Å². The summed E-state index contributed by atoms with van der Waals surface area (Å²) in [5, 5.41) is 6.84. The molecule has 6 heteroatoms. The maximum absolute atomic E-state index is 12.4. The summed E-state index contributed by atoms with van der Waals surface area (Å²) in [6.45, 7) is 7.58. The molecule has 1 aliphatic heterocycles. The SMILES string of the molecule is CCCc1cc(CNC(=O)c2cc(CN3CCCC3)c(CC)o2)on1. The quantitative estimate of drug-likeness (QED) is 0.795. The molecule has 3 rings (SSSR count). The summed E-state index contributed by atoms with van der Waals surface area (Å²) >= 11 is 0. The molecule has 1 N–H and O–H groups in total. The highest BCUT2D eigenvalue weighted by Crippen LogP contribution is 2.21. The molecule has 0 radical (unpaired) electrons. The molecule has 25 heavy (non-hydrogen) atoms. The van der Waals surface area contributed by atoms with E-state index in [2.05, 4.69) is 29.2 Å². The molecule has 3 heterocycles. The summed E-state index contributed by atoms with van der Waals surface area (Å²) in [5.74, 6) is 1.73. The molecule has 1 fully saturated rings. The predicted molar refractivity (Wildman–Crippen MR) is 94.3 cm³/mol. The van der Waals surface area contributed by atoms with Gasteiger partial charge in [-0.15, -0.1) is 0 Å². The van der Waals surface area contributed by atoms with Gasteiger partial charge in [0.25, 0.3) is 5.91 Å². The molecule has 2 aromatic heterocycles. The van der Waals surface area contributed by atoms with Crippen LogP contribution in [0.5, 0.6) is 0 Å². The van der Waals surface area contributed by atoms with Crippen LogP contribution in [0, 0.1) is 0 Å². The molecular weight excluding hydrogens is 318 g/mol. The van der Waals surface area contributed by atoms with Crippen LogP contribution in [0.1, 0.15) is 66.4 Å². The maximum atomic E-state index is 12.4. The zero-order valence-corrected chi connectivity index (χ0v) is 15.1. The van der Waals surface area contributed by atoms with Crippen LogP contribution in [-0.2, 0) is 25.9 Å². The fraction of sp³-hybridized carbons (Fsp3) is 0.579. The molecule has 0 aromatic carbocycles. The van der Waals surface area contributed by atoms with Gasteiger partial charge in [0.05, 0.1) is 12.2 Å². The standard InChI is InChI=1S/C19H27N3O3/c1-3-7-15-11-16(25-21-15)12-20-19(23)18-10-14(17(4-2)24-18)13-22-8-5-6-9-22/h10-11H,3-9,12-13H2,1-2H3,(H,20,23).